The SMILES string of the molecule is CCCc1c(Br)c2c(c(=O)n1C)C(O)C1=C(CCc3c1c(O)c1c(=O)c4c(oc1c3OC)[C@@H](O)CC[C@@H]4O)C2O. The number of methoxy groups -OCH3 is 1. The fourth-order valence-electron chi connectivity index (χ4n) is 6.71. The number of phenolic OH excluding ortho intramolecular Hbond substituents is 1. The highest BCUT2D eigenvalue weighted by atomic mass is 79.9. The summed E-state index contributed by atoms with van der Waals surface area (Å²) >= 11 is 3.57. The summed E-state index contributed by atoms with van der Waals surface area (Å²) in [6.45, 7) is 1.98. The molecule has 0 bridgehead atoms. The van der Waals surface area contributed by atoms with E-state index in [1.807, 2.05) is 6.92 Å². The maximum atomic E-state index is 13.7. The molecule has 0 fully saturated rings. The van der Waals surface area contributed by atoms with Gasteiger partial charge in [-0.1, -0.05) is 13.3 Å². The van der Waals surface area contributed by atoms with E-state index in [9.17, 15) is 35.1 Å². The van der Waals surface area contributed by atoms with Crippen LogP contribution in [0.4, 0.5) is 0 Å². The van der Waals surface area contributed by atoms with Crippen molar-refractivity contribution in [2.75, 3.05) is 7.11 Å². The van der Waals surface area contributed by atoms with Crippen molar-refractivity contribution in [2.45, 2.75) is 69.9 Å². The maximum Gasteiger partial charge on any atom is 0.257 e. The molecule has 0 amide bonds. The van der Waals surface area contributed by atoms with E-state index in [4.69, 9.17) is 9.15 Å². The summed E-state index contributed by atoms with van der Waals surface area (Å²) in [7, 11) is 2.99. The third-order valence-corrected chi connectivity index (χ3v) is 9.49. The molecule has 3 aliphatic carbocycles. The minimum absolute atomic E-state index is 0.0113. The number of fused-ring (bicyclic) bond motifs is 5. The smallest absolute Gasteiger partial charge is 0.257 e. The molecule has 4 atom stereocenters. The quantitative estimate of drug-likeness (QED) is 0.297. The molecule has 10 nitrogen and oxygen atoms in total. The number of aromatic nitrogens is 1. The van der Waals surface area contributed by atoms with Crippen molar-refractivity contribution in [3.05, 3.63) is 69.9 Å². The first-order valence-electron chi connectivity index (χ1n) is 13.3. The van der Waals surface area contributed by atoms with Gasteiger partial charge in [0.2, 0.25) is 5.43 Å². The Labute approximate surface area is 236 Å². The van der Waals surface area contributed by atoms with E-state index >= 15 is 0 Å². The molecule has 2 unspecified atom stereocenters. The predicted octanol–water partition coefficient (Wildman–Crippen LogP) is 3.26. The van der Waals surface area contributed by atoms with Crippen LogP contribution in [0.25, 0.3) is 16.5 Å². The molecule has 0 saturated carbocycles. The maximum absolute atomic E-state index is 13.7. The normalized spacial score (nSPS) is 23.5. The van der Waals surface area contributed by atoms with Crippen LogP contribution in [0.3, 0.4) is 0 Å². The lowest BCUT2D eigenvalue weighted by Gasteiger charge is -2.37. The van der Waals surface area contributed by atoms with Gasteiger partial charge in [0.1, 0.15) is 35.2 Å². The molecule has 0 spiro atoms. The second kappa shape index (κ2) is 9.56. The Morgan fingerprint density at radius 1 is 1.02 bits per heavy atom. The first kappa shape index (κ1) is 27.2. The number of ether oxygens (including phenoxy) is 1. The molecule has 11 heteroatoms. The number of aliphatic hydroxyl groups excluding tert-OH is 4. The van der Waals surface area contributed by atoms with Crippen molar-refractivity contribution in [1.29, 1.82) is 0 Å². The molecular formula is C29H30BrNO9. The zero-order valence-corrected chi connectivity index (χ0v) is 23.8. The fourth-order valence-corrected chi connectivity index (χ4v) is 7.61. The van der Waals surface area contributed by atoms with Crippen molar-refractivity contribution >= 4 is 32.5 Å². The molecule has 2 heterocycles. The first-order valence-corrected chi connectivity index (χ1v) is 14.1. The Balaban J connectivity index is 1.69. The van der Waals surface area contributed by atoms with Gasteiger partial charge in [-0.15, -0.1) is 0 Å². The molecule has 5 N–H and O–H groups in total. The van der Waals surface area contributed by atoms with E-state index in [1.54, 1.807) is 7.05 Å². The van der Waals surface area contributed by atoms with Crippen molar-refractivity contribution in [3.63, 3.8) is 0 Å². The van der Waals surface area contributed by atoms with Crippen LogP contribution in [0.5, 0.6) is 11.5 Å². The number of hydrogen-bond acceptors (Lipinski definition) is 9. The van der Waals surface area contributed by atoms with Crippen LogP contribution in [0.1, 0.15) is 96.3 Å². The highest BCUT2D eigenvalue weighted by Gasteiger charge is 2.43. The lowest BCUT2D eigenvalue weighted by molar-refractivity contribution is 0.0713. The van der Waals surface area contributed by atoms with Crippen molar-refractivity contribution < 1.29 is 34.7 Å². The average molecular weight is 616 g/mol. The summed E-state index contributed by atoms with van der Waals surface area (Å²) < 4.78 is 13.6. The lowest BCUT2D eigenvalue weighted by atomic mass is 9.72. The number of aromatic hydroxyl groups is 1. The molecule has 0 saturated heterocycles. The van der Waals surface area contributed by atoms with Gasteiger partial charge in [0, 0.05) is 33.9 Å². The zero-order chi connectivity index (χ0) is 28.8. The minimum Gasteiger partial charge on any atom is -0.506 e. The molecule has 0 radical (unpaired) electrons. The summed E-state index contributed by atoms with van der Waals surface area (Å²) in [5.74, 6) is -0.431. The molecular weight excluding hydrogens is 586 g/mol. The van der Waals surface area contributed by atoms with Gasteiger partial charge < -0.3 is 39.3 Å². The van der Waals surface area contributed by atoms with E-state index in [2.05, 4.69) is 15.9 Å². The standard InChI is InChI=1S/C29H30BrNO9/c1-4-5-12-21(30)18-19(29(38)31(12)2)23(35)15-10(22(18)34)6-7-11-16(15)24(36)20-25(37)17-13(32)8-9-14(33)27(17)40-28(20)26(11)39-3/h13-14,22-23,32-36H,4-9H2,1-3H3/t13-,14-,22?,23?/m0/s1. The molecule has 0 aliphatic heterocycles. The van der Waals surface area contributed by atoms with Crippen LogP contribution in [0, 0.1) is 0 Å². The van der Waals surface area contributed by atoms with Crippen molar-refractivity contribution in [2.24, 2.45) is 7.05 Å². The van der Waals surface area contributed by atoms with E-state index in [0.717, 1.165) is 6.42 Å². The van der Waals surface area contributed by atoms with Crippen LogP contribution in [-0.4, -0.2) is 37.2 Å². The zero-order valence-electron chi connectivity index (χ0n) is 22.2. The third kappa shape index (κ3) is 3.48. The fraction of sp³-hybridized carbons (Fsp3) is 0.448. The minimum atomic E-state index is -1.51. The van der Waals surface area contributed by atoms with Crippen LogP contribution in [0.2, 0.25) is 0 Å². The number of aliphatic hydroxyl groups is 4. The summed E-state index contributed by atoms with van der Waals surface area (Å²) in [6.07, 6.45) is -2.80. The topological polar surface area (TPSA) is 163 Å². The highest BCUT2D eigenvalue weighted by Crippen LogP contribution is 2.56. The molecule has 40 heavy (non-hydrogen) atoms. The third-order valence-electron chi connectivity index (χ3n) is 8.60. The van der Waals surface area contributed by atoms with Gasteiger partial charge >= 0.3 is 0 Å². The number of halogens is 1. The van der Waals surface area contributed by atoms with Crippen LogP contribution < -0.4 is 15.7 Å². The number of pyridine rings is 1. The Kier molecular flexibility index (Phi) is 6.50. The highest BCUT2D eigenvalue weighted by molar-refractivity contribution is 9.10. The summed E-state index contributed by atoms with van der Waals surface area (Å²) in [5.41, 5.74) is 0.705. The summed E-state index contributed by atoms with van der Waals surface area (Å²) in [5, 5.41) is 55.8. The first-order chi connectivity index (χ1) is 19.0. The number of hydrogen-bond donors (Lipinski definition) is 5. The van der Waals surface area contributed by atoms with E-state index in [0.29, 0.717) is 33.3 Å². The predicted molar refractivity (Wildman–Crippen MR) is 148 cm³/mol. The van der Waals surface area contributed by atoms with Crippen molar-refractivity contribution in [1.82, 2.24) is 4.57 Å². The van der Waals surface area contributed by atoms with E-state index < -0.39 is 41.2 Å². The number of nitrogens with zero attached hydrogens (tertiary/aromatic N) is 1. The van der Waals surface area contributed by atoms with Crippen LogP contribution in [-0.2, 0) is 19.9 Å². The molecule has 212 valence electrons. The van der Waals surface area contributed by atoms with Gasteiger partial charge in [-0.3, -0.25) is 9.59 Å². The van der Waals surface area contributed by atoms with E-state index in [-0.39, 0.29) is 70.4 Å². The van der Waals surface area contributed by atoms with E-state index in [1.165, 1.54) is 11.7 Å². The Morgan fingerprint density at radius 3 is 2.40 bits per heavy atom. The van der Waals surface area contributed by atoms with Crippen LogP contribution in [0.15, 0.2) is 24.1 Å². The number of rotatable bonds is 3. The Bertz CT molecular complexity index is 1750. The number of phenols is 1. The van der Waals surface area contributed by atoms with Crippen LogP contribution >= 0.6 is 15.9 Å². The van der Waals surface area contributed by atoms with Gasteiger partial charge in [0.25, 0.3) is 5.56 Å². The summed E-state index contributed by atoms with van der Waals surface area (Å²) in [4.78, 5) is 27.3. The van der Waals surface area contributed by atoms with Gasteiger partial charge in [-0.2, -0.15) is 0 Å². The second-order valence-corrected chi connectivity index (χ2v) is 11.5. The lowest BCUT2D eigenvalue weighted by Crippen LogP contribution is -2.34. The molecule has 3 aromatic rings. The molecule has 2 aromatic heterocycles. The monoisotopic (exact) mass is 615 g/mol. The largest absolute Gasteiger partial charge is 0.506 e. The van der Waals surface area contributed by atoms with Gasteiger partial charge in [-0.25, -0.2) is 0 Å². The Morgan fingerprint density at radius 2 is 1.73 bits per heavy atom. The average Bonchev–Trinajstić information content (AvgIpc) is 2.93. The second-order valence-electron chi connectivity index (χ2n) is 10.7. The van der Waals surface area contributed by atoms with Crippen molar-refractivity contribution in [3.8, 4) is 11.5 Å². The molecule has 3 aliphatic rings. The van der Waals surface area contributed by atoms with Gasteiger partial charge in [-0.05, 0) is 59.2 Å². The summed E-state index contributed by atoms with van der Waals surface area (Å²) in [6, 6.07) is 0. The van der Waals surface area contributed by atoms with Gasteiger partial charge in [0.05, 0.1) is 24.3 Å². The van der Waals surface area contributed by atoms with Gasteiger partial charge in [0.15, 0.2) is 11.3 Å². The number of benzene rings is 1. The Hall–Kier alpha value is -2.96. The molecule has 1 aromatic carbocycles. The molecule has 6 rings (SSSR count).